The number of rotatable bonds is 7. The molecule has 1 aromatic carbocycles. The van der Waals surface area contributed by atoms with E-state index >= 15 is 0 Å². The number of hydrogen-bond donors (Lipinski definition) is 1. The van der Waals surface area contributed by atoms with Gasteiger partial charge in [-0.05, 0) is 37.5 Å². The Kier molecular flexibility index (Phi) is 7.82. The SMILES string of the molecule is CCSCCOC(=O)C1=C(C)NC2=C(C(=O)[C@@H](C(=O)OC)[C@@H](C)C2)[C@@H]1c1ccc(C)cc1. The van der Waals surface area contributed by atoms with Crippen molar-refractivity contribution >= 4 is 29.5 Å². The molecule has 0 spiro atoms. The quantitative estimate of drug-likeness (QED) is 0.378. The molecule has 6 nitrogen and oxygen atoms in total. The van der Waals surface area contributed by atoms with Crippen LogP contribution in [0.15, 0.2) is 46.8 Å². The molecular formula is C25H31NO5S. The summed E-state index contributed by atoms with van der Waals surface area (Å²) in [6.45, 7) is 8.05. The first-order valence-corrected chi connectivity index (χ1v) is 12.1. The molecular weight excluding hydrogens is 426 g/mol. The molecule has 0 saturated heterocycles. The number of carbonyl (C=O) groups is 3. The topological polar surface area (TPSA) is 81.7 Å². The molecule has 0 bridgehead atoms. The van der Waals surface area contributed by atoms with Crippen LogP contribution in [-0.4, -0.2) is 42.9 Å². The average molecular weight is 458 g/mol. The van der Waals surface area contributed by atoms with E-state index in [-0.39, 0.29) is 11.7 Å². The van der Waals surface area contributed by atoms with E-state index < -0.39 is 23.8 Å². The van der Waals surface area contributed by atoms with Crippen molar-refractivity contribution < 1.29 is 23.9 Å². The molecule has 0 saturated carbocycles. The number of dihydropyridines is 1. The standard InChI is InChI=1S/C25H31NO5S/c1-6-32-12-11-31-25(29)20-16(4)26-18-13-15(3)19(24(28)30-5)23(27)22(18)21(20)17-9-7-14(2)8-10-17/h7-10,15,19,21,26H,6,11-13H2,1-5H3/t15-,19-,21+/m0/s1. The van der Waals surface area contributed by atoms with Gasteiger partial charge in [0.2, 0.25) is 0 Å². The summed E-state index contributed by atoms with van der Waals surface area (Å²) in [4.78, 5) is 39.2. The van der Waals surface area contributed by atoms with Gasteiger partial charge in [0.15, 0.2) is 5.78 Å². The Bertz CT molecular complexity index is 963. The normalized spacial score (nSPS) is 22.9. The summed E-state index contributed by atoms with van der Waals surface area (Å²) in [6.07, 6.45) is 0.524. The van der Waals surface area contributed by atoms with Gasteiger partial charge in [0, 0.05) is 28.6 Å². The summed E-state index contributed by atoms with van der Waals surface area (Å²) in [5, 5.41) is 3.28. The van der Waals surface area contributed by atoms with Crippen molar-refractivity contribution in [2.45, 2.75) is 40.0 Å². The summed E-state index contributed by atoms with van der Waals surface area (Å²) in [6, 6.07) is 7.78. The van der Waals surface area contributed by atoms with Gasteiger partial charge < -0.3 is 14.8 Å². The zero-order valence-corrected chi connectivity index (χ0v) is 20.1. The zero-order valence-electron chi connectivity index (χ0n) is 19.3. The molecule has 32 heavy (non-hydrogen) atoms. The Balaban J connectivity index is 2.06. The van der Waals surface area contributed by atoms with Crippen molar-refractivity contribution in [3.8, 4) is 0 Å². The number of allylic oxidation sites excluding steroid dienone is 3. The number of thioether (sulfide) groups is 1. The molecule has 3 atom stereocenters. The molecule has 0 aromatic heterocycles. The number of hydrogen-bond acceptors (Lipinski definition) is 7. The fourth-order valence-corrected chi connectivity index (χ4v) is 4.95. The highest BCUT2D eigenvalue weighted by Gasteiger charge is 2.47. The first kappa shape index (κ1) is 24.1. The van der Waals surface area contributed by atoms with E-state index in [9.17, 15) is 14.4 Å². The van der Waals surface area contributed by atoms with Gasteiger partial charge in [-0.15, -0.1) is 0 Å². The number of ketones is 1. The summed E-state index contributed by atoms with van der Waals surface area (Å²) >= 11 is 1.70. The van der Waals surface area contributed by atoms with Gasteiger partial charge in [0.1, 0.15) is 12.5 Å². The molecule has 0 radical (unpaired) electrons. The minimum Gasteiger partial charge on any atom is -0.468 e. The lowest BCUT2D eigenvalue weighted by Crippen LogP contribution is -2.43. The minimum atomic E-state index is -0.884. The smallest absolute Gasteiger partial charge is 0.336 e. The number of methoxy groups -OCH3 is 1. The number of ether oxygens (including phenoxy) is 2. The Morgan fingerprint density at radius 2 is 1.88 bits per heavy atom. The second-order valence-corrected chi connectivity index (χ2v) is 9.67. The molecule has 1 heterocycles. The maximum absolute atomic E-state index is 13.6. The Morgan fingerprint density at radius 1 is 1.19 bits per heavy atom. The average Bonchev–Trinajstić information content (AvgIpc) is 2.76. The van der Waals surface area contributed by atoms with Crippen LogP contribution in [0.4, 0.5) is 0 Å². The van der Waals surface area contributed by atoms with Crippen LogP contribution in [0.3, 0.4) is 0 Å². The third-order valence-electron chi connectivity index (χ3n) is 6.04. The predicted molar refractivity (Wildman–Crippen MR) is 125 cm³/mol. The molecule has 1 aliphatic heterocycles. The van der Waals surface area contributed by atoms with Gasteiger partial charge >= 0.3 is 11.9 Å². The van der Waals surface area contributed by atoms with Crippen LogP contribution >= 0.6 is 11.8 Å². The van der Waals surface area contributed by atoms with E-state index in [0.717, 1.165) is 22.6 Å². The van der Waals surface area contributed by atoms with E-state index in [2.05, 4.69) is 12.2 Å². The first-order chi connectivity index (χ1) is 15.3. The van der Waals surface area contributed by atoms with Crippen LogP contribution in [0.2, 0.25) is 0 Å². The van der Waals surface area contributed by atoms with Crippen molar-refractivity contribution in [2.24, 2.45) is 11.8 Å². The maximum Gasteiger partial charge on any atom is 0.336 e. The molecule has 7 heteroatoms. The maximum atomic E-state index is 13.6. The summed E-state index contributed by atoms with van der Waals surface area (Å²) < 4.78 is 10.5. The number of carbonyl (C=O) groups excluding carboxylic acids is 3. The van der Waals surface area contributed by atoms with E-state index in [1.165, 1.54) is 7.11 Å². The molecule has 1 N–H and O–H groups in total. The highest BCUT2D eigenvalue weighted by Crippen LogP contribution is 2.45. The van der Waals surface area contributed by atoms with Gasteiger partial charge in [0.25, 0.3) is 0 Å². The second-order valence-electron chi connectivity index (χ2n) is 8.28. The molecule has 2 aliphatic rings. The number of benzene rings is 1. The van der Waals surface area contributed by atoms with Crippen LogP contribution in [0.1, 0.15) is 44.2 Å². The van der Waals surface area contributed by atoms with Crippen molar-refractivity contribution in [2.75, 3.05) is 25.2 Å². The zero-order chi connectivity index (χ0) is 23.4. The van der Waals surface area contributed by atoms with Gasteiger partial charge in [-0.1, -0.05) is 43.7 Å². The van der Waals surface area contributed by atoms with Crippen LogP contribution in [0, 0.1) is 18.8 Å². The van der Waals surface area contributed by atoms with Crippen molar-refractivity contribution in [3.05, 3.63) is 57.9 Å². The molecule has 0 fully saturated rings. The molecule has 0 amide bonds. The van der Waals surface area contributed by atoms with E-state index in [1.54, 1.807) is 11.8 Å². The number of Topliss-reactive ketones (excluding diaryl/α,β-unsaturated/α-hetero) is 1. The first-order valence-electron chi connectivity index (χ1n) is 10.9. The van der Waals surface area contributed by atoms with Crippen LogP contribution in [-0.2, 0) is 23.9 Å². The van der Waals surface area contributed by atoms with E-state index in [4.69, 9.17) is 9.47 Å². The summed E-state index contributed by atoms with van der Waals surface area (Å²) in [7, 11) is 1.30. The number of aryl methyl sites for hydroxylation is 1. The number of esters is 2. The second kappa shape index (κ2) is 10.4. The molecule has 1 aromatic rings. The van der Waals surface area contributed by atoms with Crippen molar-refractivity contribution in [3.63, 3.8) is 0 Å². The summed E-state index contributed by atoms with van der Waals surface area (Å²) in [5.74, 6) is -1.28. The van der Waals surface area contributed by atoms with Gasteiger partial charge in [-0.2, -0.15) is 11.8 Å². The van der Waals surface area contributed by atoms with Crippen molar-refractivity contribution in [1.82, 2.24) is 5.32 Å². The molecule has 172 valence electrons. The Morgan fingerprint density at radius 3 is 2.50 bits per heavy atom. The fourth-order valence-electron chi connectivity index (χ4n) is 4.46. The van der Waals surface area contributed by atoms with Crippen LogP contribution in [0.5, 0.6) is 0 Å². The highest BCUT2D eigenvalue weighted by atomic mass is 32.2. The summed E-state index contributed by atoms with van der Waals surface area (Å²) in [5.41, 5.74) is 4.23. The third-order valence-corrected chi connectivity index (χ3v) is 6.90. The fraction of sp³-hybridized carbons (Fsp3) is 0.480. The lowest BCUT2D eigenvalue weighted by molar-refractivity contribution is -0.151. The predicted octanol–water partition coefficient (Wildman–Crippen LogP) is 3.90. The van der Waals surface area contributed by atoms with Crippen molar-refractivity contribution in [1.29, 1.82) is 0 Å². The van der Waals surface area contributed by atoms with Gasteiger partial charge in [-0.3, -0.25) is 9.59 Å². The lowest BCUT2D eigenvalue weighted by atomic mass is 9.69. The largest absolute Gasteiger partial charge is 0.468 e. The molecule has 0 unspecified atom stereocenters. The minimum absolute atomic E-state index is 0.202. The third kappa shape index (κ3) is 4.77. The lowest BCUT2D eigenvalue weighted by Gasteiger charge is -2.38. The Hall–Kier alpha value is -2.54. The Labute approximate surface area is 193 Å². The highest BCUT2D eigenvalue weighted by molar-refractivity contribution is 7.99. The van der Waals surface area contributed by atoms with Gasteiger partial charge in [-0.25, -0.2) is 4.79 Å². The monoisotopic (exact) mass is 457 g/mol. The van der Waals surface area contributed by atoms with E-state index in [0.29, 0.717) is 35.6 Å². The van der Waals surface area contributed by atoms with Gasteiger partial charge in [0.05, 0.1) is 12.7 Å². The van der Waals surface area contributed by atoms with E-state index in [1.807, 2.05) is 45.0 Å². The number of nitrogens with one attached hydrogen (secondary N) is 1. The van der Waals surface area contributed by atoms with Crippen LogP contribution < -0.4 is 5.32 Å². The molecule has 3 rings (SSSR count). The molecule has 1 aliphatic carbocycles. The van der Waals surface area contributed by atoms with Crippen LogP contribution in [0.25, 0.3) is 0 Å².